The lowest BCUT2D eigenvalue weighted by atomic mass is 10.3. The maximum absolute atomic E-state index is 13.1. The van der Waals surface area contributed by atoms with Crippen LogP contribution >= 0.6 is 0 Å². The second-order valence-electron chi connectivity index (χ2n) is 4.42. The molecule has 0 aromatic heterocycles. The molecule has 7 heteroatoms. The van der Waals surface area contributed by atoms with E-state index in [9.17, 15) is 12.8 Å². The summed E-state index contributed by atoms with van der Waals surface area (Å²) in [6.07, 6.45) is 1.21. The lowest BCUT2D eigenvalue weighted by Crippen LogP contribution is -2.30. The fourth-order valence-electron chi connectivity index (χ4n) is 1.43. The maximum atomic E-state index is 13.1. The van der Waals surface area contributed by atoms with E-state index in [0.717, 1.165) is 0 Å². The van der Waals surface area contributed by atoms with Crippen molar-refractivity contribution in [2.24, 2.45) is 5.73 Å². The van der Waals surface area contributed by atoms with Crippen molar-refractivity contribution in [1.82, 2.24) is 4.72 Å². The summed E-state index contributed by atoms with van der Waals surface area (Å²) in [7, 11) is -3.52. The van der Waals surface area contributed by atoms with Crippen LogP contribution in [0.4, 0.5) is 4.39 Å². The first-order valence-corrected chi connectivity index (χ1v) is 7.63. The summed E-state index contributed by atoms with van der Waals surface area (Å²) in [6.45, 7) is 3.35. The van der Waals surface area contributed by atoms with Gasteiger partial charge in [0.05, 0.1) is 4.90 Å². The Hall–Kier alpha value is -1.44. The van der Waals surface area contributed by atoms with Gasteiger partial charge in [0.1, 0.15) is 18.2 Å². The highest BCUT2D eigenvalue weighted by atomic mass is 32.2. The van der Waals surface area contributed by atoms with E-state index < -0.39 is 15.9 Å². The fourth-order valence-corrected chi connectivity index (χ4v) is 2.68. The molecule has 1 aromatic carbocycles. The third-order valence-electron chi connectivity index (χ3n) is 2.24. The van der Waals surface area contributed by atoms with E-state index in [1.807, 2.05) is 0 Å². The first kappa shape index (κ1) is 16.6. The molecule has 1 rings (SSSR count). The fraction of sp³-hybridized carbons (Fsp3) is 0.385. The molecule has 5 nitrogen and oxygen atoms in total. The van der Waals surface area contributed by atoms with Gasteiger partial charge >= 0.3 is 0 Å². The van der Waals surface area contributed by atoms with Gasteiger partial charge in [0.2, 0.25) is 10.0 Å². The summed E-state index contributed by atoms with van der Waals surface area (Å²) in [4.78, 5) is 0.136. The first-order chi connectivity index (χ1) is 9.35. The van der Waals surface area contributed by atoms with Gasteiger partial charge in [-0.15, -0.1) is 0 Å². The van der Waals surface area contributed by atoms with Crippen molar-refractivity contribution in [2.45, 2.75) is 24.8 Å². The van der Waals surface area contributed by atoms with E-state index in [1.54, 1.807) is 13.8 Å². The van der Waals surface area contributed by atoms with E-state index in [4.69, 9.17) is 10.5 Å². The maximum Gasteiger partial charge on any atom is 0.240 e. The molecule has 0 aliphatic rings. The normalized spacial score (nSPS) is 12.8. The molecule has 0 atom stereocenters. The van der Waals surface area contributed by atoms with Crippen LogP contribution in [0.3, 0.4) is 0 Å². The van der Waals surface area contributed by atoms with Gasteiger partial charge in [-0.1, -0.05) is 0 Å². The van der Waals surface area contributed by atoms with Gasteiger partial charge in [-0.2, -0.15) is 0 Å². The number of sulfonamides is 1. The highest BCUT2D eigenvalue weighted by molar-refractivity contribution is 7.89. The molecule has 0 heterocycles. The van der Waals surface area contributed by atoms with Crippen molar-refractivity contribution < 1.29 is 17.5 Å². The van der Waals surface area contributed by atoms with Crippen molar-refractivity contribution in [1.29, 1.82) is 0 Å². The van der Waals surface area contributed by atoms with Gasteiger partial charge in [-0.25, -0.2) is 17.5 Å². The number of nitrogens with two attached hydrogens (primary N) is 1. The zero-order chi connectivity index (χ0) is 15.2. The minimum absolute atomic E-state index is 0.104. The monoisotopic (exact) mass is 302 g/mol. The molecule has 0 unspecified atom stereocenters. The number of benzene rings is 1. The van der Waals surface area contributed by atoms with Crippen LogP contribution < -0.4 is 15.2 Å². The van der Waals surface area contributed by atoms with Crippen LogP contribution in [-0.2, 0) is 10.0 Å². The highest BCUT2D eigenvalue weighted by Crippen LogP contribution is 2.17. The van der Waals surface area contributed by atoms with Crippen LogP contribution in [0.1, 0.15) is 13.8 Å². The molecule has 0 radical (unpaired) electrons. The Morgan fingerprint density at radius 2 is 2.00 bits per heavy atom. The SMILES string of the molecule is CC(C)NS(=O)(=O)c1ccc(OC/C(F)=C\CN)cc1. The molecule has 0 fully saturated rings. The Balaban J connectivity index is 2.72. The van der Waals surface area contributed by atoms with E-state index in [2.05, 4.69) is 4.72 Å². The second kappa shape index (κ2) is 7.37. The number of ether oxygens (including phenoxy) is 1. The average Bonchev–Trinajstić information content (AvgIpc) is 2.36. The quantitative estimate of drug-likeness (QED) is 0.801. The van der Waals surface area contributed by atoms with Gasteiger partial charge in [-0.3, -0.25) is 0 Å². The number of nitrogens with one attached hydrogen (secondary N) is 1. The summed E-state index contributed by atoms with van der Waals surface area (Å²) < 4.78 is 44.4. The summed E-state index contributed by atoms with van der Waals surface area (Å²) in [5.74, 6) is -0.0836. The van der Waals surface area contributed by atoms with Gasteiger partial charge < -0.3 is 10.5 Å². The standard InChI is InChI=1S/C13H19FN2O3S/c1-10(2)16-20(17,18)13-5-3-12(4-6-13)19-9-11(14)7-8-15/h3-7,10,16H,8-9,15H2,1-2H3/b11-7+. The molecule has 0 saturated carbocycles. The molecule has 3 N–H and O–H groups in total. The average molecular weight is 302 g/mol. The zero-order valence-electron chi connectivity index (χ0n) is 11.5. The molecule has 0 bridgehead atoms. The molecule has 0 spiro atoms. The second-order valence-corrected chi connectivity index (χ2v) is 6.14. The third-order valence-corrected chi connectivity index (χ3v) is 3.92. The van der Waals surface area contributed by atoms with Crippen LogP contribution in [0, 0.1) is 0 Å². The predicted molar refractivity (Wildman–Crippen MR) is 75.6 cm³/mol. The Bertz CT molecular complexity index is 553. The Morgan fingerprint density at radius 3 is 2.50 bits per heavy atom. The molecule has 0 aliphatic heterocycles. The molecule has 112 valence electrons. The largest absolute Gasteiger partial charge is 0.487 e. The summed E-state index contributed by atoms with van der Waals surface area (Å²) >= 11 is 0. The van der Waals surface area contributed by atoms with Gasteiger partial charge in [0.15, 0.2) is 0 Å². The molecule has 1 aromatic rings. The Labute approximate surface area is 118 Å². The minimum atomic E-state index is -3.52. The van der Waals surface area contributed by atoms with Gasteiger partial charge in [0, 0.05) is 12.6 Å². The minimum Gasteiger partial charge on any atom is -0.487 e. The third kappa shape index (κ3) is 5.28. The smallest absolute Gasteiger partial charge is 0.240 e. The highest BCUT2D eigenvalue weighted by Gasteiger charge is 2.14. The lowest BCUT2D eigenvalue weighted by molar-refractivity contribution is 0.318. The number of rotatable bonds is 7. The topological polar surface area (TPSA) is 81.4 Å². The summed E-state index contributed by atoms with van der Waals surface area (Å²) in [6, 6.07) is 5.58. The molecule has 20 heavy (non-hydrogen) atoms. The lowest BCUT2D eigenvalue weighted by Gasteiger charge is -2.10. The summed E-state index contributed by atoms with van der Waals surface area (Å²) in [5.41, 5.74) is 5.16. The molecular weight excluding hydrogens is 283 g/mol. The van der Waals surface area contributed by atoms with E-state index in [-0.39, 0.29) is 24.1 Å². The van der Waals surface area contributed by atoms with E-state index >= 15 is 0 Å². The Morgan fingerprint density at radius 1 is 1.40 bits per heavy atom. The molecule has 0 aliphatic carbocycles. The van der Waals surface area contributed by atoms with Crippen molar-refractivity contribution in [3.63, 3.8) is 0 Å². The van der Waals surface area contributed by atoms with Crippen molar-refractivity contribution in [3.8, 4) is 5.75 Å². The number of halogens is 1. The van der Waals surface area contributed by atoms with Crippen LogP contribution in [-0.4, -0.2) is 27.6 Å². The van der Waals surface area contributed by atoms with Crippen molar-refractivity contribution in [3.05, 3.63) is 36.2 Å². The van der Waals surface area contributed by atoms with Crippen LogP contribution in [0.25, 0.3) is 0 Å². The molecule has 0 amide bonds. The molecular formula is C13H19FN2O3S. The zero-order valence-corrected chi connectivity index (χ0v) is 12.3. The van der Waals surface area contributed by atoms with Gasteiger partial charge in [-0.05, 0) is 44.2 Å². The van der Waals surface area contributed by atoms with Crippen LogP contribution in [0.5, 0.6) is 5.75 Å². The first-order valence-electron chi connectivity index (χ1n) is 6.15. The Kier molecular flexibility index (Phi) is 6.12. The van der Waals surface area contributed by atoms with Crippen LogP contribution in [0.2, 0.25) is 0 Å². The number of hydrogen-bond donors (Lipinski definition) is 2. The predicted octanol–water partition coefficient (Wildman–Crippen LogP) is 1.56. The van der Waals surface area contributed by atoms with E-state index in [0.29, 0.717) is 5.75 Å². The van der Waals surface area contributed by atoms with Gasteiger partial charge in [0.25, 0.3) is 0 Å². The van der Waals surface area contributed by atoms with Crippen molar-refractivity contribution >= 4 is 10.0 Å². The number of hydrogen-bond acceptors (Lipinski definition) is 4. The van der Waals surface area contributed by atoms with E-state index in [1.165, 1.54) is 30.3 Å². The summed E-state index contributed by atoms with van der Waals surface area (Å²) in [5, 5.41) is 0. The van der Waals surface area contributed by atoms with Crippen molar-refractivity contribution in [2.75, 3.05) is 13.2 Å². The van der Waals surface area contributed by atoms with Crippen LogP contribution in [0.15, 0.2) is 41.1 Å². The molecule has 0 saturated heterocycles.